The molecule has 1 aliphatic rings. The number of hydrogen-bond acceptors (Lipinski definition) is 4. The molecule has 3 N–H and O–H groups in total. The van der Waals surface area contributed by atoms with Gasteiger partial charge in [0.2, 0.25) is 0 Å². The van der Waals surface area contributed by atoms with Gasteiger partial charge in [-0.25, -0.2) is 10.4 Å². The molecule has 1 fully saturated rings. The van der Waals surface area contributed by atoms with Crippen LogP contribution in [-0.2, 0) is 0 Å². The third-order valence-corrected chi connectivity index (χ3v) is 3.62. The van der Waals surface area contributed by atoms with Crippen molar-refractivity contribution < 1.29 is 4.42 Å². The van der Waals surface area contributed by atoms with Crippen LogP contribution >= 0.6 is 0 Å². The van der Waals surface area contributed by atoms with Gasteiger partial charge in [0.1, 0.15) is 5.76 Å². The molecule has 3 unspecified atom stereocenters. The Hall–Kier alpha value is -0.840. The first kappa shape index (κ1) is 12.6. The van der Waals surface area contributed by atoms with Gasteiger partial charge in [0.15, 0.2) is 0 Å². The van der Waals surface area contributed by atoms with E-state index in [2.05, 4.69) is 24.3 Å². The van der Waals surface area contributed by atoms with Crippen molar-refractivity contribution in [3.8, 4) is 0 Å². The molecule has 1 aliphatic heterocycles. The summed E-state index contributed by atoms with van der Waals surface area (Å²) in [5, 5.41) is 2.34. The minimum atomic E-state index is 0.0769. The van der Waals surface area contributed by atoms with Gasteiger partial charge in [-0.2, -0.15) is 0 Å². The minimum absolute atomic E-state index is 0.0769. The Balaban J connectivity index is 2.02. The standard InChI is InChI=1S/C13H23N3O/c1-10-5-3-6-11(2)16(10)15-12(9-14)13-7-4-8-17-13/h4,7-8,10-12,15H,3,5-6,9,14H2,1-2H3. The second-order valence-corrected chi connectivity index (χ2v) is 4.97. The van der Waals surface area contributed by atoms with E-state index in [1.54, 1.807) is 6.26 Å². The van der Waals surface area contributed by atoms with Crippen LogP contribution in [0.4, 0.5) is 0 Å². The Labute approximate surface area is 103 Å². The number of nitrogens with one attached hydrogen (secondary N) is 1. The number of nitrogens with two attached hydrogens (primary N) is 1. The molecule has 3 atom stereocenters. The van der Waals surface area contributed by atoms with E-state index in [4.69, 9.17) is 10.2 Å². The first-order chi connectivity index (χ1) is 8.22. The molecule has 0 aliphatic carbocycles. The molecule has 2 rings (SSSR count). The molecule has 17 heavy (non-hydrogen) atoms. The predicted molar refractivity (Wildman–Crippen MR) is 68.3 cm³/mol. The Kier molecular flexibility index (Phi) is 4.20. The number of piperidine rings is 1. The van der Waals surface area contributed by atoms with Gasteiger partial charge in [-0.1, -0.05) is 6.42 Å². The van der Waals surface area contributed by atoms with E-state index in [1.165, 1.54) is 19.3 Å². The Morgan fingerprint density at radius 3 is 2.71 bits per heavy atom. The monoisotopic (exact) mass is 237 g/mol. The van der Waals surface area contributed by atoms with Crippen LogP contribution in [0.3, 0.4) is 0 Å². The molecule has 0 amide bonds. The fraction of sp³-hybridized carbons (Fsp3) is 0.692. The smallest absolute Gasteiger partial charge is 0.123 e. The first-order valence-electron chi connectivity index (χ1n) is 6.50. The predicted octanol–water partition coefficient (Wildman–Crippen LogP) is 2.05. The van der Waals surface area contributed by atoms with Crippen molar-refractivity contribution in [1.82, 2.24) is 10.4 Å². The number of furan rings is 1. The Bertz CT molecular complexity index is 315. The summed E-state index contributed by atoms with van der Waals surface area (Å²) in [4.78, 5) is 0. The molecular formula is C13H23N3O. The quantitative estimate of drug-likeness (QED) is 0.841. The molecule has 0 radical (unpaired) electrons. The van der Waals surface area contributed by atoms with Crippen LogP contribution in [0, 0.1) is 0 Å². The highest BCUT2D eigenvalue weighted by Gasteiger charge is 2.27. The topological polar surface area (TPSA) is 54.4 Å². The third kappa shape index (κ3) is 2.89. The number of nitrogens with zero attached hydrogens (tertiary/aromatic N) is 1. The summed E-state index contributed by atoms with van der Waals surface area (Å²) in [6, 6.07) is 5.07. The highest BCUT2D eigenvalue weighted by atomic mass is 16.3. The van der Waals surface area contributed by atoms with E-state index in [0.29, 0.717) is 18.6 Å². The maximum absolute atomic E-state index is 5.82. The highest BCUT2D eigenvalue weighted by molar-refractivity contribution is 5.04. The molecule has 2 heterocycles. The zero-order chi connectivity index (χ0) is 12.3. The van der Waals surface area contributed by atoms with Gasteiger partial charge < -0.3 is 10.2 Å². The fourth-order valence-corrected chi connectivity index (χ4v) is 2.58. The average Bonchev–Trinajstić information content (AvgIpc) is 2.82. The molecule has 4 heteroatoms. The van der Waals surface area contributed by atoms with Crippen LogP contribution < -0.4 is 11.2 Å². The molecular weight excluding hydrogens is 214 g/mol. The normalized spacial score (nSPS) is 28.2. The summed E-state index contributed by atoms with van der Waals surface area (Å²) < 4.78 is 5.43. The Morgan fingerprint density at radius 2 is 2.18 bits per heavy atom. The number of hydrogen-bond donors (Lipinski definition) is 2. The summed E-state index contributed by atoms with van der Waals surface area (Å²) in [7, 11) is 0. The largest absolute Gasteiger partial charge is 0.468 e. The average molecular weight is 237 g/mol. The molecule has 0 bridgehead atoms. The minimum Gasteiger partial charge on any atom is -0.468 e. The van der Waals surface area contributed by atoms with Gasteiger partial charge in [-0.3, -0.25) is 0 Å². The SMILES string of the molecule is CC1CCCC(C)N1NC(CN)c1ccco1. The summed E-state index contributed by atoms with van der Waals surface area (Å²) in [5.74, 6) is 0.914. The summed E-state index contributed by atoms with van der Waals surface area (Å²) in [5.41, 5.74) is 9.35. The van der Waals surface area contributed by atoms with Crippen LogP contribution in [-0.4, -0.2) is 23.6 Å². The maximum atomic E-state index is 5.82. The highest BCUT2D eigenvalue weighted by Crippen LogP contribution is 2.23. The molecule has 0 spiro atoms. The lowest BCUT2D eigenvalue weighted by molar-refractivity contribution is 0.0270. The van der Waals surface area contributed by atoms with E-state index in [0.717, 1.165) is 5.76 Å². The van der Waals surface area contributed by atoms with Crippen LogP contribution in [0.5, 0.6) is 0 Å². The molecule has 1 aromatic heterocycles. The van der Waals surface area contributed by atoms with Gasteiger partial charge in [0.25, 0.3) is 0 Å². The van der Waals surface area contributed by atoms with Crippen LogP contribution in [0.1, 0.15) is 44.9 Å². The van der Waals surface area contributed by atoms with Gasteiger partial charge in [0.05, 0.1) is 12.3 Å². The Morgan fingerprint density at radius 1 is 1.47 bits per heavy atom. The molecule has 1 aromatic rings. The molecule has 96 valence electrons. The van der Waals surface area contributed by atoms with Crippen molar-refractivity contribution in [2.75, 3.05) is 6.54 Å². The molecule has 1 saturated heterocycles. The first-order valence-corrected chi connectivity index (χ1v) is 6.50. The van der Waals surface area contributed by atoms with Crippen molar-refractivity contribution in [1.29, 1.82) is 0 Å². The number of hydrazine groups is 1. The van der Waals surface area contributed by atoms with Crippen molar-refractivity contribution in [2.45, 2.75) is 51.2 Å². The summed E-state index contributed by atoms with van der Waals surface area (Å²) in [6.07, 6.45) is 5.50. The number of rotatable bonds is 4. The molecule has 4 nitrogen and oxygen atoms in total. The van der Waals surface area contributed by atoms with E-state index in [9.17, 15) is 0 Å². The van der Waals surface area contributed by atoms with Crippen LogP contribution in [0.15, 0.2) is 22.8 Å². The van der Waals surface area contributed by atoms with E-state index < -0.39 is 0 Å². The van der Waals surface area contributed by atoms with E-state index >= 15 is 0 Å². The lowest BCUT2D eigenvalue weighted by Gasteiger charge is -2.40. The van der Waals surface area contributed by atoms with Gasteiger partial charge >= 0.3 is 0 Å². The zero-order valence-electron chi connectivity index (χ0n) is 10.7. The second kappa shape index (κ2) is 5.67. The lowest BCUT2D eigenvalue weighted by Crippen LogP contribution is -2.54. The second-order valence-electron chi connectivity index (χ2n) is 4.97. The van der Waals surface area contributed by atoms with Crippen molar-refractivity contribution in [3.05, 3.63) is 24.2 Å². The fourth-order valence-electron chi connectivity index (χ4n) is 2.58. The summed E-state index contributed by atoms with van der Waals surface area (Å²) in [6.45, 7) is 5.07. The van der Waals surface area contributed by atoms with Crippen LogP contribution in [0.25, 0.3) is 0 Å². The maximum Gasteiger partial charge on any atom is 0.123 e. The van der Waals surface area contributed by atoms with E-state index in [1.807, 2.05) is 12.1 Å². The van der Waals surface area contributed by atoms with Crippen molar-refractivity contribution in [3.63, 3.8) is 0 Å². The van der Waals surface area contributed by atoms with Crippen LogP contribution in [0.2, 0.25) is 0 Å². The van der Waals surface area contributed by atoms with Gasteiger partial charge in [-0.15, -0.1) is 0 Å². The molecule has 0 aromatic carbocycles. The lowest BCUT2D eigenvalue weighted by atomic mass is 9.99. The van der Waals surface area contributed by atoms with Crippen molar-refractivity contribution >= 4 is 0 Å². The zero-order valence-corrected chi connectivity index (χ0v) is 10.7. The van der Waals surface area contributed by atoms with Crippen molar-refractivity contribution in [2.24, 2.45) is 5.73 Å². The van der Waals surface area contributed by atoms with Gasteiger partial charge in [0, 0.05) is 18.6 Å². The third-order valence-electron chi connectivity index (χ3n) is 3.62. The summed E-state index contributed by atoms with van der Waals surface area (Å²) >= 11 is 0. The molecule has 0 saturated carbocycles. The van der Waals surface area contributed by atoms with Gasteiger partial charge in [-0.05, 0) is 38.8 Å². The van der Waals surface area contributed by atoms with E-state index in [-0.39, 0.29) is 6.04 Å².